The highest BCUT2D eigenvalue weighted by atomic mass is 16.5. The zero-order chi connectivity index (χ0) is 15.8. The monoisotopic (exact) mass is 294 g/mol. The molecule has 0 heterocycles. The summed E-state index contributed by atoms with van der Waals surface area (Å²) in [7, 11) is 0. The van der Waals surface area contributed by atoms with Crippen LogP contribution in [-0.4, -0.2) is 12.9 Å². The fourth-order valence-electron chi connectivity index (χ4n) is 2.22. The summed E-state index contributed by atoms with van der Waals surface area (Å²) in [6, 6.07) is 18.5. The summed E-state index contributed by atoms with van der Waals surface area (Å²) >= 11 is 0. The van der Waals surface area contributed by atoms with Crippen LogP contribution in [0.15, 0.2) is 66.2 Å². The van der Waals surface area contributed by atoms with Crippen molar-refractivity contribution < 1.29 is 9.53 Å². The lowest BCUT2D eigenvalue weighted by atomic mass is 10.1. The number of hydrogen-bond acceptors (Lipinski definition) is 2. The molecule has 0 saturated carbocycles. The summed E-state index contributed by atoms with van der Waals surface area (Å²) in [6.07, 6.45) is 3.41. The molecule has 0 aliphatic rings. The Labute approximate surface area is 132 Å². The fourth-order valence-corrected chi connectivity index (χ4v) is 2.22. The molecule has 2 rings (SSSR count). The number of aldehydes is 1. The first-order valence-electron chi connectivity index (χ1n) is 7.55. The molecule has 0 radical (unpaired) electrons. The molecule has 0 N–H and O–H groups in total. The summed E-state index contributed by atoms with van der Waals surface area (Å²) in [5, 5.41) is 0. The van der Waals surface area contributed by atoms with Gasteiger partial charge in [-0.1, -0.05) is 60.2 Å². The lowest BCUT2D eigenvalue weighted by Gasteiger charge is -2.15. The predicted molar refractivity (Wildman–Crippen MR) is 89.8 cm³/mol. The van der Waals surface area contributed by atoms with Crippen LogP contribution in [0.5, 0.6) is 0 Å². The van der Waals surface area contributed by atoms with E-state index in [0.29, 0.717) is 12.2 Å². The summed E-state index contributed by atoms with van der Waals surface area (Å²) in [5.41, 5.74) is 4.27. The minimum atomic E-state index is -0.183. The van der Waals surface area contributed by atoms with Crippen LogP contribution in [0.3, 0.4) is 0 Å². The lowest BCUT2D eigenvalue weighted by Crippen LogP contribution is -2.06. The van der Waals surface area contributed by atoms with E-state index >= 15 is 0 Å². The highest BCUT2D eigenvalue weighted by Crippen LogP contribution is 2.20. The zero-order valence-corrected chi connectivity index (χ0v) is 13.2. The molecule has 0 fully saturated rings. The number of allylic oxidation sites excluding steroid dienone is 1. The molecule has 0 amide bonds. The van der Waals surface area contributed by atoms with Crippen LogP contribution >= 0.6 is 0 Å². The molecule has 2 nitrogen and oxygen atoms in total. The van der Waals surface area contributed by atoms with Crippen molar-refractivity contribution in [1.82, 2.24) is 0 Å². The van der Waals surface area contributed by atoms with E-state index in [1.54, 1.807) is 6.92 Å². The van der Waals surface area contributed by atoms with E-state index in [1.807, 2.05) is 36.4 Å². The molecular weight excluding hydrogens is 272 g/mol. The second kappa shape index (κ2) is 8.30. The topological polar surface area (TPSA) is 26.3 Å². The highest BCUT2D eigenvalue weighted by Gasteiger charge is 2.09. The van der Waals surface area contributed by atoms with Crippen molar-refractivity contribution in [1.29, 1.82) is 0 Å². The largest absolute Gasteiger partial charge is 0.369 e. The molecule has 1 atom stereocenters. The summed E-state index contributed by atoms with van der Waals surface area (Å²) in [5.74, 6) is 0. The predicted octanol–water partition coefficient (Wildman–Crippen LogP) is 4.44. The average molecular weight is 294 g/mol. The molecular formula is C20H22O2. The minimum Gasteiger partial charge on any atom is -0.369 e. The van der Waals surface area contributed by atoms with Crippen molar-refractivity contribution >= 4 is 6.29 Å². The maximum atomic E-state index is 10.9. The first-order chi connectivity index (χ1) is 10.7. The standard InChI is InChI=1S/C20H22O2/c1-16-8-10-18(11-9-16)12-13-22-20(14-17(2)15-21)19-6-4-3-5-7-19/h3-11,14-15,20H,12-13H2,1-2H3/b17-14+. The molecule has 114 valence electrons. The maximum Gasteiger partial charge on any atom is 0.145 e. The van der Waals surface area contributed by atoms with Crippen molar-refractivity contribution in [3.8, 4) is 0 Å². The number of carbonyl (C=O) groups excluding carboxylic acids is 1. The third-order valence-electron chi connectivity index (χ3n) is 3.54. The van der Waals surface area contributed by atoms with Gasteiger partial charge in [-0.2, -0.15) is 0 Å². The molecule has 0 aromatic heterocycles. The average Bonchev–Trinajstić information content (AvgIpc) is 2.56. The van der Waals surface area contributed by atoms with Crippen molar-refractivity contribution in [2.45, 2.75) is 26.4 Å². The number of carbonyl (C=O) groups is 1. The summed E-state index contributed by atoms with van der Waals surface area (Å²) < 4.78 is 6.00. The maximum absolute atomic E-state index is 10.9. The van der Waals surface area contributed by atoms with Crippen molar-refractivity contribution in [2.24, 2.45) is 0 Å². The Hall–Kier alpha value is -2.19. The zero-order valence-electron chi connectivity index (χ0n) is 13.2. The van der Waals surface area contributed by atoms with Crippen LogP contribution in [0, 0.1) is 6.92 Å². The Morgan fingerprint density at radius 1 is 1.09 bits per heavy atom. The number of aryl methyl sites for hydroxylation is 1. The van der Waals surface area contributed by atoms with Crippen LogP contribution in [0.25, 0.3) is 0 Å². The van der Waals surface area contributed by atoms with E-state index in [0.717, 1.165) is 18.3 Å². The van der Waals surface area contributed by atoms with E-state index < -0.39 is 0 Å². The van der Waals surface area contributed by atoms with Gasteiger partial charge in [0.1, 0.15) is 12.4 Å². The molecule has 0 aliphatic carbocycles. The molecule has 0 bridgehead atoms. The third kappa shape index (κ3) is 4.97. The van der Waals surface area contributed by atoms with Crippen LogP contribution in [0.1, 0.15) is 29.7 Å². The number of hydrogen-bond donors (Lipinski definition) is 0. The van der Waals surface area contributed by atoms with Crippen molar-refractivity contribution in [3.05, 3.63) is 82.9 Å². The number of benzene rings is 2. The van der Waals surface area contributed by atoms with E-state index in [-0.39, 0.29) is 6.10 Å². The van der Waals surface area contributed by atoms with Crippen LogP contribution < -0.4 is 0 Å². The highest BCUT2D eigenvalue weighted by molar-refractivity contribution is 5.72. The van der Waals surface area contributed by atoms with Crippen LogP contribution in [0.4, 0.5) is 0 Å². The molecule has 22 heavy (non-hydrogen) atoms. The van der Waals surface area contributed by atoms with Gasteiger partial charge in [-0.25, -0.2) is 0 Å². The minimum absolute atomic E-state index is 0.183. The molecule has 2 heteroatoms. The van der Waals surface area contributed by atoms with E-state index in [2.05, 4.69) is 31.2 Å². The summed E-state index contributed by atoms with van der Waals surface area (Å²) in [6.45, 7) is 4.50. The van der Waals surface area contributed by atoms with Gasteiger partial charge < -0.3 is 4.74 Å². The van der Waals surface area contributed by atoms with E-state index in [4.69, 9.17) is 4.74 Å². The SMILES string of the molecule is C/C(C=O)=C\C(OCCc1ccc(C)cc1)c1ccccc1. The van der Waals surface area contributed by atoms with Gasteiger partial charge in [-0.3, -0.25) is 4.79 Å². The smallest absolute Gasteiger partial charge is 0.145 e. The molecule has 2 aromatic carbocycles. The van der Waals surface area contributed by atoms with Crippen molar-refractivity contribution in [2.75, 3.05) is 6.61 Å². The Balaban J connectivity index is 2.01. The van der Waals surface area contributed by atoms with Gasteiger partial charge in [-0.15, -0.1) is 0 Å². The van der Waals surface area contributed by atoms with Gasteiger partial charge in [0.25, 0.3) is 0 Å². The first-order valence-corrected chi connectivity index (χ1v) is 7.55. The Morgan fingerprint density at radius 2 is 1.77 bits per heavy atom. The molecule has 0 spiro atoms. The Kier molecular flexibility index (Phi) is 6.11. The lowest BCUT2D eigenvalue weighted by molar-refractivity contribution is -0.104. The summed E-state index contributed by atoms with van der Waals surface area (Å²) in [4.78, 5) is 10.9. The fraction of sp³-hybridized carbons (Fsp3) is 0.250. The van der Waals surface area contributed by atoms with Gasteiger partial charge in [0.05, 0.1) is 6.61 Å². The van der Waals surface area contributed by atoms with Gasteiger partial charge >= 0.3 is 0 Å². The number of ether oxygens (including phenoxy) is 1. The van der Waals surface area contributed by atoms with E-state index in [1.165, 1.54) is 11.1 Å². The quantitative estimate of drug-likeness (QED) is 0.557. The van der Waals surface area contributed by atoms with Gasteiger partial charge in [0.2, 0.25) is 0 Å². The van der Waals surface area contributed by atoms with Gasteiger partial charge in [-0.05, 0) is 43.0 Å². The third-order valence-corrected chi connectivity index (χ3v) is 3.54. The van der Waals surface area contributed by atoms with Gasteiger partial charge in [0.15, 0.2) is 0 Å². The van der Waals surface area contributed by atoms with E-state index in [9.17, 15) is 4.79 Å². The second-order valence-electron chi connectivity index (χ2n) is 5.47. The normalized spacial score (nSPS) is 12.9. The first kappa shape index (κ1) is 16.2. The molecule has 0 aliphatic heterocycles. The second-order valence-corrected chi connectivity index (χ2v) is 5.47. The Bertz CT molecular complexity index is 612. The van der Waals surface area contributed by atoms with Crippen LogP contribution in [-0.2, 0) is 16.0 Å². The van der Waals surface area contributed by atoms with Crippen LogP contribution in [0.2, 0.25) is 0 Å². The molecule has 1 unspecified atom stereocenters. The Morgan fingerprint density at radius 3 is 2.41 bits per heavy atom. The van der Waals surface area contributed by atoms with Gasteiger partial charge in [0, 0.05) is 0 Å². The molecule has 0 saturated heterocycles. The number of rotatable bonds is 7. The van der Waals surface area contributed by atoms with Crippen molar-refractivity contribution in [3.63, 3.8) is 0 Å². The molecule has 2 aromatic rings.